The molecule has 188 valence electrons. The number of aromatic nitrogens is 2. The molecule has 0 amide bonds. The van der Waals surface area contributed by atoms with Crippen LogP contribution in [-0.4, -0.2) is 28.4 Å². The van der Waals surface area contributed by atoms with Gasteiger partial charge in [-0.25, -0.2) is 9.78 Å². The number of fused-ring (bicyclic) bond motifs is 1. The van der Waals surface area contributed by atoms with E-state index in [1.54, 1.807) is 36.4 Å². The summed E-state index contributed by atoms with van der Waals surface area (Å²) in [7, 11) is 1.38. The number of carbonyl (C=O) groups excluding carboxylic acids is 2. The van der Waals surface area contributed by atoms with Gasteiger partial charge in [-0.2, -0.15) is 0 Å². The predicted octanol–water partition coefficient (Wildman–Crippen LogP) is 6.30. The van der Waals surface area contributed by atoms with Crippen LogP contribution in [0.3, 0.4) is 0 Å². The third kappa shape index (κ3) is 5.78. The smallest absolute Gasteiger partial charge is 0.337 e. The lowest BCUT2D eigenvalue weighted by molar-refractivity contribution is 0.0600. The molecule has 3 aromatic carbocycles. The molecule has 1 aliphatic rings. The SMILES string of the molecule is COC(=O)c1ccc(SCc2c(O[C@H](Cn3ccnc3)c3ccccc3)ccc3c2CCCC3=O)cc1. The van der Waals surface area contributed by atoms with Crippen LogP contribution in [-0.2, 0) is 23.5 Å². The minimum atomic E-state index is -0.354. The first kappa shape index (κ1) is 24.8. The van der Waals surface area contributed by atoms with Gasteiger partial charge in [-0.3, -0.25) is 4.79 Å². The van der Waals surface area contributed by atoms with E-state index in [-0.39, 0.29) is 17.9 Å². The molecular weight excluding hydrogens is 484 g/mol. The Balaban J connectivity index is 1.46. The van der Waals surface area contributed by atoms with Crippen molar-refractivity contribution in [3.05, 3.63) is 113 Å². The summed E-state index contributed by atoms with van der Waals surface area (Å²) in [6.45, 7) is 0.613. The number of imidazole rings is 1. The topological polar surface area (TPSA) is 70.4 Å². The van der Waals surface area contributed by atoms with Crippen molar-refractivity contribution < 1.29 is 19.1 Å². The van der Waals surface area contributed by atoms with Gasteiger partial charge in [0.25, 0.3) is 0 Å². The van der Waals surface area contributed by atoms with Crippen molar-refractivity contribution in [2.24, 2.45) is 0 Å². The first-order valence-corrected chi connectivity index (χ1v) is 13.3. The van der Waals surface area contributed by atoms with Crippen LogP contribution in [0.1, 0.15) is 56.4 Å². The van der Waals surface area contributed by atoms with Gasteiger partial charge >= 0.3 is 5.97 Å². The number of nitrogens with zero attached hydrogens (tertiary/aromatic N) is 2. The highest BCUT2D eigenvalue weighted by Crippen LogP contribution is 2.38. The number of methoxy groups -OCH3 is 1. The van der Waals surface area contributed by atoms with Crippen LogP contribution in [0.4, 0.5) is 0 Å². The zero-order valence-corrected chi connectivity index (χ0v) is 21.4. The number of hydrogen-bond acceptors (Lipinski definition) is 6. The first-order valence-electron chi connectivity index (χ1n) is 12.3. The molecule has 7 heteroatoms. The Kier molecular flexibility index (Phi) is 7.70. The van der Waals surface area contributed by atoms with E-state index in [1.807, 2.05) is 53.2 Å². The van der Waals surface area contributed by atoms with Crippen LogP contribution in [0.25, 0.3) is 0 Å². The molecule has 0 unspecified atom stereocenters. The van der Waals surface area contributed by atoms with Crippen LogP contribution < -0.4 is 4.74 Å². The van der Waals surface area contributed by atoms with Crippen LogP contribution >= 0.6 is 11.8 Å². The van der Waals surface area contributed by atoms with Crippen molar-refractivity contribution >= 4 is 23.5 Å². The van der Waals surface area contributed by atoms with Crippen molar-refractivity contribution in [1.29, 1.82) is 0 Å². The molecule has 0 bridgehead atoms. The maximum atomic E-state index is 12.7. The molecule has 1 aromatic heterocycles. The van der Waals surface area contributed by atoms with Gasteiger partial charge in [-0.1, -0.05) is 30.3 Å². The van der Waals surface area contributed by atoms with Gasteiger partial charge in [-0.15, -0.1) is 11.8 Å². The summed E-state index contributed by atoms with van der Waals surface area (Å²) in [4.78, 5) is 29.7. The third-order valence-electron chi connectivity index (χ3n) is 6.55. The van der Waals surface area contributed by atoms with Gasteiger partial charge in [0, 0.05) is 40.6 Å². The molecule has 5 rings (SSSR count). The maximum absolute atomic E-state index is 12.7. The fourth-order valence-corrected chi connectivity index (χ4v) is 5.58. The van der Waals surface area contributed by atoms with E-state index in [4.69, 9.17) is 9.47 Å². The first-order chi connectivity index (χ1) is 18.1. The Hall–Kier alpha value is -3.84. The summed E-state index contributed by atoms with van der Waals surface area (Å²) < 4.78 is 13.5. The molecule has 6 nitrogen and oxygen atoms in total. The Labute approximate surface area is 220 Å². The Morgan fingerprint density at radius 3 is 2.59 bits per heavy atom. The second-order valence-corrected chi connectivity index (χ2v) is 9.98. The highest BCUT2D eigenvalue weighted by Gasteiger charge is 2.24. The minimum absolute atomic E-state index is 0.194. The average molecular weight is 513 g/mol. The van der Waals surface area contributed by atoms with Gasteiger partial charge in [0.1, 0.15) is 11.9 Å². The van der Waals surface area contributed by atoms with Crippen LogP contribution in [0.15, 0.2) is 90.3 Å². The zero-order valence-electron chi connectivity index (χ0n) is 20.6. The Morgan fingerprint density at radius 1 is 1.05 bits per heavy atom. The number of hydrogen-bond donors (Lipinski definition) is 0. The van der Waals surface area contributed by atoms with Crippen molar-refractivity contribution in [3.63, 3.8) is 0 Å². The number of rotatable bonds is 9. The number of Topliss-reactive ketones (excluding diaryl/α,β-unsaturated/α-hetero) is 1. The molecule has 0 fully saturated rings. The molecule has 1 heterocycles. The Morgan fingerprint density at radius 2 is 1.86 bits per heavy atom. The van der Waals surface area contributed by atoms with E-state index in [1.165, 1.54) is 7.11 Å². The molecule has 0 aliphatic heterocycles. The number of thioether (sulfide) groups is 1. The number of benzene rings is 3. The number of esters is 1. The lowest BCUT2D eigenvalue weighted by Crippen LogP contribution is -2.18. The second-order valence-electron chi connectivity index (χ2n) is 8.93. The monoisotopic (exact) mass is 512 g/mol. The molecule has 4 aromatic rings. The summed E-state index contributed by atoms with van der Waals surface area (Å²) in [5.41, 5.74) is 4.54. The van der Waals surface area contributed by atoms with Crippen molar-refractivity contribution in [2.45, 2.75) is 42.6 Å². The summed E-state index contributed by atoms with van der Waals surface area (Å²) >= 11 is 1.66. The zero-order chi connectivity index (χ0) is 25.6. The fraction of sp³-hybridized carbons (Fsp3) is 0.233. The standard InChI is InChI=1S/C30H28N2O4S/c1-35-30(34)22-10-12-23(13-11-22)37-19-26-24-8-5-9-27(33)25(24)14-15-28(26)36-29(18-32-17-16-31-20-32)21-6-3-2-4-7-21/h2-4,6-7,10-17,20,29H,5,8-9,18-19H2,1H3/t29-/m1/s1. The molecule has 37 heavy (non-hydrogen) atoms. The molecule has 1 atom stereocenters. The van der Waals surface area contributed by atoms with Gasteiger partial charge in [0.15, 0.2) is 5.78 Å². The molecule has 0 N–H and O–H groups in total. The molecule has 1 aliphatic carbocycles. The third-order valence-corrected chi connectivity index (χ3v) is 7.59. The maximum Gasteiger partial charge on any atom is 0.337 e. The number of ether oxygens (including phenoxy) is 2. The highest BCUT2D eigenvalue weighted by atomic mass is 32.2. The summed E-state index contributed by atoms with van der Waals surface area (Å²) in [6, 6.07) is 21.4. The van der Waals surface area contributed by atoms with E-state index in [0.717, 1.165) is 45.7 Å². The second kappa shape index (κ2) is 11.5. The van der Waals surface area contributed by atoms with E-state index >= 15 is 0 Å². The molecule has 0 saturated heterocycles. The van der Waals surface area contributed by atoms with Crippen molar-refractivity contribution in [3.8, 4) is 5.75 Å². The predicted molar refractivity (Wildman–Crippen MR) is 143 cm³/mol. The Bertz CT molecular complexity index is 1370. The largest absolute Gasteiger partial charge is 0.484 e. The van der Waals surface area contributed by atoms with E-state index in [2.05, 4.69) is 17.1 Å². The molecule has 0 radical (unpaired) electrons. The molecular formula is C30H28N2O4S. The lowest BCUT2D eigenvalue weighted by atomic mass is 9.87. The van der Waals surface area contributed by atoms with Gasteiger partial charge in [-0.05, 0) is 60.4 Å². The van der Waals surface area contributed by atoms with Gasteiger partial charge in [0.2, 0.25) is 0 Å². The van der Waals surface area contributed by atoms with Crippen LogP contribution in [0, 0.1) is 0 Å². The molecule has 0 spiro atoms. The number of ketones is 1. The van der Waals surface area contributed by atoms with E-state index < -0.39 is 0 Å². The summed E-state index contributed by atoms with van der Waals surface area (Å²) in [5, 5.41) is 0. The lowest BCUT2D eigenvalue weighted by Gasteiger charge is -2.25. The van der Waals surface area contributed by atoms with Crippen molar-refractivity contribution in [2.75, 3.05) is 7.11 Å². The summed E-state index contributed by atoms with van der Waals surface area (Å²) in [6.07, 6.45) is 7.54. The van der Waals surface area contributed by atoms with Gasteiger partial charge < -0.3 is 14.0 Å². The van der Waals surface area contributed by atoms with Gasteiger partial charge in [0.05, 0.1) is 25.5 Å². The van der Waals surface area contributed by atoms with Crippen LogP contribution in [0.5, 0.6) is 5.75 Å². The average Bonchev–Trinajstić information content (AvgIpc) is 3.46. The fourth-order valence-electron chi connectivity index (χ4n) is 4.63. The normalized spacial score (nSPS) is 13.6. The minimum Gasteiger partial charge on any atom is -0.484 e. The highest BCUT2D eigenvalue weighted by molar-refractivity contribution is 7.98. The summed E-state index contributed by atoms with van der Waals surface area (Å²) in [5.74, 6) is 1.28. The quantitative estimate of drug-likeness (QED) is 0.194. The van der Waals surface area contributed by atoms with E-state index in [0.29, 0.717) is 24.3 Å². The van der Waals surface area contributed by atoms with Crippen LogP contribution in [0.2, 0.25) is 0 Å². The van der Waals surface area contributed by atoms with E-state index in [9.17, 15) is 9.59 Å². The number of carbonyl (C=O) groups is 2. The van der Waals surface area contributed by atoms with Crippen molar-refractivity contribution in [1.82, 2.24) is 9.55 Å². The molecule has 0 saturated carbocycles.